The van der Waals surface area contributed by atoms with E-state index in [2.05, 4.69) is 39.7 Å². The van der Waals surface area contributed by atoms with E-state index in [4.69, 9.17) is 17.0 Å². The molecule has 8 heteroatoms. The summed E-state index contributed by atoms with van der Waals surface area (Å²) in [5.74, 6) is 0.616. The first-order chi connectivity index (χ1) is 20.3. The summed E-state index contributed by atoms with van der Waals surface area (Å²) in [5, 5.41) is 13.5. The summed E-state index contributed by atoms with van der Waals surface area (Å²) >= 11 is 5.94. The monoisotopic (exact) mass is 574 g/mol. The topological polar surface area (TPSA) is 79.6 Å². The van der Waals surface area contributed by atoms with Crippen molar-refractivity contribution in [3.05, 3.63) is 137 Å². The second kappa shape index (κ2) is 11.1. The van der Waals surface area contributed by atoms with Gasteiger partial charge in [0.25, 0.3) is 0 Å². The number of anilines is 1. The predicted octanol–water partition coefficient (Wildman–Crippen LogP) is 7.47. The molecule has 3 heterocycles. The molecule has 2 aromatic heterocycles. The Morgan fingerprint density at radius 1 is 0.905 bits per heavy atom. The minimum Gasteiger partial charge on any atom is -0.478 e. The maximum atomic E-state index is 11.4. The molecule has 3 aromatic carbocycles. The van der Waals surface area contributed by atoms with Gasteiger partial charge in [-0.05, 0) is 117 Å². The lowest BCUT2D eigenvalue weighted by molar-refractivity contribution is 0.0697. The van der Waals surface area contributed by atoms with E-state index in [1.165, 1.54) is 0 Å². The molecule has 1 fully saturated rings. The molecule has 2 atom stereocenters. The fourth-order valence-electron chi connectivity index (χ4n) is 5.66. The lowest BCUT2D eigenvalue weighted by atomic mass is 9.96. The fourth-order valence-corrected chi connectivity index (χ4v) is 6.01. The molecule has 0 amide bonds. The van der Waals surface area contributed by atoms with Crippen LogP contribution in [-0.2, 0) is 0 Å². The zero-order valence-electron chi connectivity index (χ0n) is 23.5. The van der Waals surface area contributed by atoms with Crippen LogP contribution in [0.2, 0.25) is 0 Å². The number of carboxylic acids is 1. The van der Waals surface area contributed by atoms with Gasteiger partial charge in [0.15, 0.2) is 5.11 Å². The Labute approximate surface area is 250 Å². The third-order valence-corrected chi connectivity index (χ3v) is 8.01. The van der Waals surface area contributed by atoms with Gasteiger partial charge in [-0.15, -0.1) is 0 Å². The lowest BCUT2D eigenvalue weighted by Crippen LogP contribution is -2.29. The Hall–Kier alpha value is -4.95. The second-order valence-corrected chi connectivity index (χ2v) is 10.8. The van der Waals surface area contributed by atoms with Crippen LogP contribution in [0.15, 0.2) is 103 Å². The number of nitrogens with one attached hydrogen (secondary N) is 1. The number of thiocarbonyl (C=S) groups is 1. The third kappa shape index (κ3) is 5.01. The molecule has 2 N–H and O–H groups in total. The number of carboxylic acid groups (broad SMARTS) is 1. The van der Waals surface area contributed by atoms with E-state index >= 15 is 0 Å². The predicted molar refractivity (Wildman–Crippen MR) is 168 cm³/mol. The van der Waals surface area contributed by atoms with Gasteiger partial charge in [0.2, 0.25) is 0 Å². The van der Waals surface area contributed by atoms with Crippen molar-refractivity contribution in [1.82, 2.24) is 14.9 Å². The quantitative estimate of drug-likeness (QED) is 0.195. The number of para-hydroxylation sites is 1. The van der Waals surface area contributed by atoms with Crippen molar-refractivity contribution < 1.29 is 14.6 Å². The Balaban J connectivity index is 1.40. The van der Waals surface area contributed by atoms with Crippen molar-refractivity contribution in [3.63, 3.8) is 0 Å². The first-order valence-corrected chi connectivity index (χ1v) is 14.1. The van der Waals surface area contributed by atoms with Crippen LogP contribution in [0.1, 0.15) is 50.7 Å². The Morgan fingerprint density at radius 2 is 1.60 bits per heavy atom. The van der Waals surface area contributed by atoms with E-state index in [9.17, 15) is 9.90 Å². The molecule has 6 rings (SSSR count). The van der Waals surface area contributed by atoms with Crippen LogP contribution in [0.4, 0.5) is 5.69 Å². The number of rotatable bonds is 7. The largest absolute Gasteiger partial charge is 0.478 e. The average molecular weight is 575 g/mol. The Bertz CT molecular complexity index is 1770. The van der Waals surface area contributed by atoms with Crippen LogP contribution in [0.25, 0.3) is 5.69 Å². The molecule has 210 valence electrons. The molecule has 1 saturated heterocycles. The van der Waals surface area contributed by atoms with Crippen molar-refractivity contribution in [3.8, 4) is 17.2 Å². The molecule has 0 saturated carbocycles. The normalized spacial score (nSPS) is 16.4. The lowest BCUT2D eigenvalue weighted by Gasteiger charge is -2.28. The molecular weight excluding hydrogens is 544 g/mol. The SMILES string of the molecule is Cc1ccccc1Oc1ccc(N2C(=S)N[C@H](c3ccccn3)[C@H]2c2cc(C)n(-c3ccc(C(=O)O)cc3)c2C)cc1. The summed E-state index contributed by atoms with van der Waals surface area (Å²) in [6.45, 7) is 6.17. The van der Waals surface area contributed by atoms with Crippen molar-refractivity contribution in [2.24, 2.45) is 0 Å². The Kier molecular flexibility index (Phi) is 7.22. The standard InChI is InChI=1S/C34H30N4O3S/c1-21-8-4-5-10-30(21)41-27-17-15-26(16-18-27)38-32(31(36-34(38)42)29-9-6-7-19-35-29)28-20-22(2)37(23(28)3)25-13-11-24(12-14-25)33(39)40/h4-20,31-32H,1-3H3,(H,36,42)(H,39,40)/t31-,32-/m1/s1. The summed E-state index contributed by atoms with van der Waals surface area (Å²) in [5.41, 5.74) is 7.21. The van der Waals surface area contributed by atoms with Crippen LogP contribution in [0, 0.1) is 20.8 Å². The van der Waals surface area contributed by atoms with Gasteiger partial charge in [0.05, 0.1) is 23.3 Å². The fraction of sp³-hybridized carbons (Fsp3) is 0.147. The van der Waals surface area contributed by atoms with Gasteiger partial charge >= 0.3 is 5.97 Å². The average Bonchev–Trinajstić information content (AvgIpc) is 3.49. The third-order valence-electron chi connectivity index (χ3n) is 7.70. The number of hydrogen-bond acceptors (Lipinski definition) is 4. The van der Waals surface area contributed by atoms with Crippen LogP contribution in [0.5, 0.6) is 11.5 Å². The molecule has 1 aliphatic rings. The number of nitrogens with zero attached hydrogens (tertiary/aromatic N) is 3. The number of aromatic carboxylic acids is 1. The minimum atomic E-state index is -0.946. The van der Waals surface area contributed by atoms with Crippen molar-refractivity contribution >= 4 is 29.0 Å². The molecule has 42 heavy (non-hydrogen) atoms. The molecule has 1 aliphatic heterocycles. The molecule has 0 unspecified atom stereocenters. The van der Waals surface area contributed by atoms with Gasteiger partial charge in [0.1, 0.15) is 11.5 Å². The van der Waals surface area contributed by atoms with Gasteiger partial charge in [-0.1, -0.05) is 24.3 Å². The van der Waals surface area contributed by atoms with Crippen molar-refractivity contribution in [1.29, 1.82) is 0 Å². The van der Waals surface area contributed by atoms with Gasteiger partial charge in [-0.2, -0.15) is 0 Å². The van der Waals surface area contributed by atoms with E-state index in [0.29, 0.717) is 5.11 Å². The number of benzene rings is 3. The van der Waals surface area contributed by atoms with Gasteiger partial charge < -0.3 is 24.6 Å². The van der Waals surface area contributed by atoms with Gasteiger partial charge in [0, 0.05) is 29.0 Å². The van der Waals surface area contributed by atoms with Crippen LogP contribution >= 0.6 is 12.2 Å². The van der Waals surface area contributed by atoms with E-state index in [1.54, 1.807) is 18.3 Å². The highest BCUT2D eigenvalue weighted by Gasteiger charge is 2.42. The molecule has 0 radical (unpaired) electrons. The number of pyridine rings is 1. The summed E-state index contributed by atoms with van der Waals surface area (Å²) in [6, 6.07) is 30.6. The zero-order chi connectivity index (χ0) is 29.4. The summed E-state index contributed by atoms with van der Waals surface area (Å²) in [4.78, 5) is 18.2. The minimum absolute atomic E-state index is 0.186. The highest BCUT2D eigenvalue weighted by Crippen LogP contribution is 2.44. The highest BCUT2D eigenvalue weighted by atomic mass is 32.1. The maximum absolute atomic E-state index is 11.4. The number of ether oxygens (including phenoxy) is 1. The molecule has 0 aliphatic carbocycles. The number of aryl methyl sites for hydroxylation is 2. The first-order valence-electron chi connectivity index (χ1n) is 13.7. The van der Waals surface area contributed by atoms with Crippen molar-refractivity contribution in [2.45, 2.75) is 32.9 Å². The summed E-state index contributed by atoms with van der Waals surface area (Å²) in [7, 11) is 0. The van der Waals surface area contributed by atoms with Crippen LogP contribution in [-0.4, -0.2) is 25.7 Å². The van der Waals surface area contributed by atoms with E-state index < -0.39 is 5.97 Å². The molecular formula is C34H30N4O3S. The maximum Gasteiger partial charge on any atom is 0.335 e. The first kappa shape index (κ1) is 27.2. The Morgan fingerprint density at radius 3 is 2.26 bits per heavy atom. The zero-order valence-corrected chi connectivity index (χ0v) is 24.3. The van der Waals surface area contributed by atoms with Gasteiger partial charge in [-0.3, -0.25) is 4.98 Å². The molecule has 0 bridgehead atoms. The highest BCUT2D eigenvalue weighted by molar-refractivity contribution is 7.80. The van der Waals surface area contributed by atoms with Gasteiger partial charge in [-0.25, -0.2) is 4.79 Å². The number of carbonyl (C=O) groups is 1. The van der Waals surface area contributed by atoms with Crippen LogP contribution in [0.3, 0.4) is 0 Å². The number of aromatic nitrogens is 2. The summed E-state index contributed by atoms with van der Waals surface area (Å²) < 4.78 is 8.30. The van der Waals surface area contributed by atoms with Crippen LogP contribution < -0.4 is 15.0 Å². The van der Waals surface area contributed by atoms with Crippen molar-refractivity contribution in [2.75, 3.05) is 4.90 Å². The van der Waals surface area contributed by atoms with E-state index in [0.717, 1.165) is 51.1 Å². The van der Waals surface area contributed by atoms with E-state index in [-0.39, 0.29) is 17.6 Å². The smallest absolute Gasteiger partial charge is 0.335 e. The van der Waals surface area contributed by atoms with E-state index in [1.807, 2.05) is 85.8 Å². The molecule has 5 aromatic rings. The molecule has 7 nitrogen and oxygen atoms in total. The molecule has 0 spiro atoms. The number of hydrogen-bond donors (Lipinski definition) is 2. The summed E-state index contributed by atoms with van der Waals surface area (Å²) in [6.07, 6.45) is 1.80. The second-order valence-electron chi connectivity index (χ2n) is 10.4.